The molecule has 6 nitrogen and oxygen atoms in total. The van der Waals surface area contributed by atoms with E-state index in [4.69, 9.17) is 0 Å². The Morgan fingerprint density at radius 1 is 1.18 bits per heavy atom. The van der Waals surface area contributed by atoms with Gasteiger partial charge in [-0.05, 0) is 18.6 Å². The predicted molar refractivity (Wildman–Crippen MR) is 85.3 cm³/mol. The monoisotopic (exact) mass is 291 g/mol. The standard InChI is InChI=1S/C16H13N5O/c1-9-3-2-4-10-7-17-16(20-15(9)10)19-11-5-13-12(8-18-21-13)14(22)6-11/h2-8,22H,1H3,(H,18,21)(H,17,19,20). The van der Waals surface area contributed by atoms with E-state index in [-0.39, 0.29) is 5.75 Å². The summed E-state index contributed by atoms with van der Waals surface area (Å²) >= 11 is 0. The number of hydrogen-bond acceptors (Lipinski definition) is 5. The second kappa shape index (κ2) is 4.70. The molecule has 4 aromatic rings. The molecule has 0 aliphatic carbocycles. The van der Waals surface area contributed by atoms with Crippen molar-refractivity contribution in [1.82, 2.24) is 20.2 Å². The van der Waals surface area contributed by atoms with Crippen molar-refractivity contribution in [3.63, 3.8) is 0 Å². The maximum atomic E-state index is 9.99. The van der Waals surface area contributed by atoms with Crippen molar-refractivity contribution in [2.75, 3.05) is 5.32 Å². The normalized spacial score (nSPS) is 11.1. The lowest BCUT2D eigenvalue weighted by Crippen LogP contribution is -1.98. The second-order valence-corrected chi connectivity index (χ2v) is 5.16. The Labute approximate surface area is 125 Å². The first-order valence-electron chi connectivity index (χ1n) is 6.86. The molecule has 0 aliphatic heterocycles. The highest BCUT2D eigenvalue weighted by Gasteiger charge is 2.07. The first-order valence-corrected chi connectivity index (χ1v) is 6.86. The highest BCUT2D eigenvalue weighted by atomic mass is 16.3. The SMILES string of the molecule is Cc1cccc2cnc(Nc3cc(O)c4cn[nH]c4c3)nc12. The summed E-state index contributed by atoms with van der Waals surface area (Å²) in [6.07, 6.45) is 3.37. The summed E-state index contributed by atoms with van der Waals surface area (Å²) in [7, 11) is 0. The van der Waals surface area contributed by atoms with E-state index >= 15 is 0 Å². The molecule has 3 N–H and O–H groups in total. The number of aromatic hydroxyl groups is 1. The van der Waals surface area contributed by atoms with Gasteiger partial charge in [0.2, 0.25) is 5.95 Å². The fourth-order valence-corrected chi connectivity index (χ4v) is 2.50. The number of rotatable bonds is 2. The summed E-state index contributed by atoms with van der Waals surface area (Å²) in [4.78, 5) is 8.85. The molecule has 0 atom stereocenters. The van der Waals surface area contributed by atoms with Gasteiger partial charge in [-0.2, -0.15) is 5.10 Å². The van der Waals surface area contributed by atoms with Crippen molar-refractivity contribution < 1.29 is 5.11 Å². The molecule has 0 saturated carbocycles. The van der Waals surface area contributed by atoms with E-state index in [1.807, 2.05) is 31.2 Å². The Morgan fingerprint density at radius 3 is 3.00 bits per heavy atom. The number of para-hydroxylation sites is 1. The van der Waals surface area contributed by atoms with Gasteiger partial charge in [0.15, 0.2) is 0 Å². The number of phenolic OH excluding ortho intramolecular Hbond substituents is 1. The molecule has 0 radical (unpaired) electrons. The summed E-state index contributed by atoms with van der Waals surface area (Å²) in [5, 5.41) is 21.5. The van der Waals surface area contributed by atoms with Crippen molar-refractivity contribution in [3.05, 3.63) is 48.3 Å². The zero-order valence-corrected chi connectivity index (χ0v) is 11.8. The lowest BCUT2D eigenvalue weighted by atomic mass is 10.1. The summed E-state index contributed by atoms with van der Waals surface area (Å²) < 4.78 is 0. The molecule has 0 unspecified atom stereocenters. The molecule has 2 heterocycles. The maximum absolute atomic E-state index is 9.99. The number of benzene rings is 2. The number of aromatic amines is 1. The molecule has 0 fully saturated rings. The Kier molecular flexibility index (Phi) is 2.69. The number of phenols is 1. The summed E-state index contributed by atoms with van der Waals surface area (Å²) in [6.45, 7) is 2.02. The minimum atomic E-state index is 0.158. The van der Waals surface area contributed by atoms with Crippen molar-refractivity contribution in [1.29, 1.82) is 0 Å². The van der Waals surface area contributed by atoms with Crippen LogP contribution in [-0.2, 0) is 0 Å². The smallest absolute Gasteiger partial charge is 0.227 e. The van der Waals surface area contributed by atoms with Crippen LogP contribution in [0.3, 0.4) is 0 Å². The lowest BCUT2D eigenvalue weighted by molar-refractivity contribution is 0.482. The van der Waals surface area contributed by atoms with Crippen LogP contribution < -0.4 is 5.32 Å². The van der Waals surface area contributed by atoms with Crippen LogP contribution >= 0.6 is 0 Å². The highest BCUT2D eigenvalue weighted by molar-refractivity contribution is 5.88. The zero-order chi connectivity index (χ0) is 15.1. The van der Waals surface area contributed by atoms with Crippen LogP contribution in [0, 0.1) is 6.92 Å². The minimum absolute atomic E-state index is 0.158. The van der Waals surface area contributed by atoms with Crippen LogP contribution in [0.2, 0.25) is 0 Å². The molecular weight excluding hydrogens is 278 g/mol. The Balaban J connectivity index is 1.77. The van der Waals surface area contributed by atoms with Crippen molar-refractivity contribution in [3.8, 4) is 5.75 Å². The number of H-pyrrole nitrogens is 1. The first-order chi connectivity index (χ1) is 10.7. The van der Waals surface area contributed by atoms with Crippen molar-refractivity contribution in [2.24, 2.45) is 0 Å². The molecule has 2 aromatic heterocycles. The van der Waals surface area contributed by atoms with Crippen molar-refractivity contribution in [2.45, 2.75) is 6.92 Å². The topological polar surface area (TPSA) is 86.7 Å². The van der Waals surface area contributed by atoms with Gasteiger partial charge in [0.05, 0.1) is 22.6 Å². The average molecular weight is 291 g/mol. The van der Waals surface area contributed by atoms with Crippen LogP contribution in [0.1, 0.15) is 5.56 Å². The third-order valence-electron chi connectivity index (χ3n) is 3.61. The van der Waals surface area contributed by atoms with E-state index in [2.05, 4.69) is 25.5 Å². The number of nitrogens with one attached hydrogen (secondary N) is 2. The number of aromatic nitrogens is 4. The summed E-state index contributed by atoms with van der Waals surface area (Å²) in [6, 6.07) is 9.46. The molecule has 4 rings (SSSR count). The maximum Gasteiger partial charge on any atom is 0.227 e. The van der Waals surface area contributed by atoms with Crippen LogP contribution in [0.15, 0.2) is 42.7 Å². The summed E-state index contributed by atoms with van der Waals surface area (Å²) in [5.74, 6) is 0.644. The highest BCUT2D eigenvalue weighted by Crippen LogP contribution is 2.28. The van der Waals surface area contributed by atoms with Crippen LogP contribution in [-0.4, -0.2) is 25.3 Å². The first kappa shape index (κ1) is 12.6. The molecule has 22 heavy (non-hydrogen) atoms. The molecule has 0 amide bonds. The minimum Gasteiger partial charge on any atom is -0.507 e. The van der Waals surface area contributed by atoms with Gasteiger partial charge in [0.1, 0.15) is 5.75 Å². The van der Waals surface area contributed by atoms with E-state index < -0.39 is 0 Å². The molecular formula is C16H13N5O. The van der Waals surface area contributed by atoms with Gasteiger partial charge in [-0.1, -0.05) is 18.2 Å². The number of hydrogen-bond donors (Lipinski definition) is 3. The van der Waals surface area contributed by atoms with E-state index in [1.54, 1.807) is 18.5 Å². The van der Waals surface area contributed by atoms with E-state index in [1.165, 1.54) is 0 Å². The third-order valence-corrected chi connectivity index (χ3v) is 3.61. The largest absolute Gasteiger partial charge is 0.507 e. The van der Waals surface area contributed by atoms with Gasteiger partial charge < -0.3 is 10.4 Å². The molecule has 0 bridgehead atoms. The van der Waals surface area contributed by atoms with Gasteiger partial charge in [-0.3, -0.25) is 5.10 Å². The quantitative estimate of drug-likeness (QED) is 0.527. The molecule has 0 saturated heterocycles. The fraction of sp³-hybridized carbons (Fsp3) is 0.0625. The van der Waals surface area contributed by atoms with E-state index in [0.29, 0.717) is 17.0 Å². The fourth-order valence-electron chi connectivity index (χ4n) is 2.50. The predicted octanol–water partition coefficient (Wildman–Crippen LogP) is 3.26. The van der Waals surface area contributed by atoms with Gasteiger partial charge in [0.25, 0.3) is 0 Å². The Hall–Kier alpha value is -3.15. The molecule has 6 heteroatoms. The van der Waals surface area contributed by atoms with Crippen LogP contribution in [0.5, 0.6) is 5.75 Å². The third kappa shape index (κ3) is 2.01. The lowest BCUT2D eigenvalue weighted by Gasteiger charge is -2.07. The Morgan fingerprint density at radius 2 is 2.09 bits per heavy atom. The van der Waals surface area contributed by atoms with Gasteiger partial charge in [-0.25, -0.2) is 9.97 Å². The number of anilines is 2. The Bertz CT molecular complexity index is 992. The van der Waals surface area contributed by atoms with E-state index in [9.17, 15) is 5.11 Å². The molecule has 0 spiro atoms. The average Bonchev–Trinajstić information content (AvgIpc) is 2.97. The second-order valence-electron chi connectivity index (χ2n) is 5.16. The van der Waals surface area contributed by atoms with Gasteiger partial charge in [0, 0.05) is 23.3 Å². The van der Waals surface area contributed by atoms with E-state index in [0.717, 1.165) is 22.0 Å². The number of fused-ring (bicyclic) bond motifs is 2. The van der Waals surface area contributed by atoms with Gasteiger partial charge >= 0.3 is 0 Å². The van der Waals surface area contributed by atoms with Gasteiger partial charge in [-0.15, -0.1) is 0 Å². The van der Waals surface area contributed by atoms with Crippen molar-refractivity contribution >= 4 is 33.4 Å². The van der Waals surface area contributed by atoms with Crippen LogP contribution in [0.25, 0.3) is 21.8 Å². The number of nitrogens with zero attached hydrogens (tertiary/aromatic N) is 3. The van der Waals surface area contributed by atoms with Crippen LogP contribution in [0.4, 0.5) is 11.6 Å². The zero-order valence-electron chi connectivity index (χ0n) is 11.8. The number of aryl methyl sites for hydroxylation is 1. The molecule has 0 aliphatic rings. The summed E-state index contributed by atoms with van der Waals surface area (Å²) in [5.41, 5.74) is 3.45. The molecule has 2 aromatic carbocycles. The molecule has 108 valence electrons.